The average molecular weight is 313 g/mol. The predicted molar refractivity (Wildman–Crippen MR) is 84.4 cm³/mol. The van der Waals surface area contributed by atoms with Crippen molar-refractivity contribution in [3.63, 3.8) is 0 Å². The third-order valence-electron chi connectivity index (χ3n) is 5.38. The number of carbonyl (C=O) groups is 2. The first-order valence-corrected chi connectivity index (χ1v) is 7.94. The summed E-state index contributed by atoms with van der Waals surface area (Å²) in [5.41, 5.74) is 0.562. The zero-order chi connectivity index (χ0) is 16.1. The molecule has 0 unspecified atom stereocenters. The Bertz CT molecular complexity index is 679. The van der Waals surface area contributed by atoms with Crippen molar-refractivity contribution < 1.29 is 19.1 Å². The van der Waals surface area contributed by atoms with Crippen LogP contribution in [-0.2, 0) is 9.59 Å². The molecule has 1 aliphatic heterocycles. The zero-order valence-electron chi connectivity index (χ0n) is 13.2. The van der Waals surface area contributed by atoms with Gasteiger partial charge < -0.3 is 9.47 Å². The van der Waals surface area contributed by atoms with Crippen LogP contribution < -0.4 is 14.4 Å². The van der Waals surface area contributed by atoms with E-state index in [4.69, 9.17) is 9.47 Å². The second kappa shape index (κ2) is 5.11. The molecule has 1 heterocycles. The van der Waals surface area contributed by atoms with Gasteiger partial charge in [0.15, 0.2) is 11.5 Å². The summed E-state index contributed by atoms with van der Waals surface area (Å²) in [6, 6.07) is 5.16. The molecule has 2 amide bonds. The third-order valence-corrected chi connectivity index (χ3v) is 5.38. The minimum Gasteiger partial charge on any atom is -0.493 e. The topological polar surface area (TPSA) is 55.8 Å². The Hall–Kier alpha value is -2.30. The van der Waals surface area contributed by atoms with Gasteiger partial charge in [-0.25, -0.2) is 4.90 Å². The van der Waals surface area contributed by atoms with Crippen molar-refractivity contribution in [2.75, 3.05) is 19.1 Å². The molecule has 120 valence electrons. The number of imide groups is 1. The number of hydrogen-bond acceptors (Lipinski definition) is 4. The highest BCUT2D eigenvalue weighted by Crippen LogP contribution is 2.50. The van der Waals surface area contributed by atoms with E-state index in [9.17, 15) is 9.59 Å². The summed E-state index contributed by atoms with van der Waals surface area (Å²) >= 11 is 0. The molecule has 1 aromatic carbocycles. The highest BCUT2D eigenvalue weighted by atomic mass is 16.5. The number of carbonyl (C=O) groups excluding carboxylic acids is 2. The minimum atomic E-state index is -0.195. The largest absolute Gasteiger partial charge is 0.493 e. The number of ether oxygens (including phenoxy) is 2. The quantitative estimate of drug-likeness (QED) is 0.635. The third kappa shape index (κ3) is 1.92. The van der Waals surface area contributed by atoms with Crippen LogP contribution in [0.5, 0.6) is 11.5 Å². The summed E-state index contributed by atoms with van der Waals surface area (Å²) in [4.78, 5) is 27.1. The molecule has 1 saturated carbocycles. The first-order valence-electron chi connectivity index (χ1n) is 7.94. The van der Waals surface area contributed by atoms with Crippen molar-refractivity contribution >= 4 is 17.5 Å². The fraction of sp³-hybridized carbons (Fsp3) is 0.444. The smallest absolute Gasteiger partial charge is 0.238 e. The van der Waals surface area contributed by atoms with Crippen LogP contribution >= 0.6 is 0 Å². The second-order valence-electron chi connectivity index (χ2n) is 6.39. The number of benzene rings is 1. The van der Waals surface area contributed by atoms with Crippen LogP contribution in [0.1, 0.15) is 12.8 Å². The fourth-order valence-electron chi connectivity index (χ4n) is 4.29. The lowest BCUT2D eigenvalue weighted by Crippen LogP contribution is -2.38. The maximum Gasteiger partial charge on any atom is 0.238 e. The number of amides is 2. The van der Waals surface area contributed by atoms with Gasteiger partial charge in [-0.15, -0.1) is 0 Å². The number of nitrogens with zero attached hydrogens (tertiary/aromatic N) is 1. The Labute approximate surface area is 134 Å². The van der Waals surface area contributed by atoms with Gasteiger partial charge >= 0.3 is 0 Å². The summed E-state index contributed by atoms with van der Waals surface area (Å²) in [6.07, 6.45) is 6.25. The maximum atomic E-state index is 12.9. The zero-order valence-corrected chi connectivity index (χ0v) is 13.2. The fourth-order valence-corrected chi connectivity index (χ4v) is 4.29. The van der Waals surface area contributed by atoms with E-state index in [1.165, 1.54) is 4.90 Å². The van der Waals surface area contributed by atoms with E-state index in [2.05, 4.69) is 12.2 Å². The highest BCUT2D eigenvalue weighted by molar-refractivity contribution is 6.22. The van der Waals surface area contributed by atoms with Gasteiger partial charge in [-0.3, -0.25) is 9.59 Å². The van der Waals surface area contributed by atoms with E-state index >= 15 is 0 Å². The Morgan fingerprint density at radius 3 is 1.96 bits per heavy atom. The van der Waals surface area contributed by atoms with Crippen LogP contribution in [0.2, 0.25) is 0 Å². The number of allylic oxidation sites excluding steroid dienone is 2. The number of anilines is 1. The highest BCUT2D eigenvalue weighted by Gasteiger charge is 2.56. The summed E-state index contributed by atoms with van der Waals surface area (Å²) in [7, 11) is 3.10. The first kappa shape index (κ1) is 14.3. The van der Waals surface area contributed by atoms with E-state index in [0.29, 0.717) is 17.2 Å². The first-order chi connectivity index (χ1) is 11.2. The maximum absolute atomic E-state index is 12.9. The van der Waals surface area contributed by atoms with Crippen molar-refractivity contribution in [2.24, 2.45) is 23.7 Å². The molecule has 2 fully saturated rings. The molecule has 5 nitrogen and oxygen atoms in total. The van der Waals surface area contributed by atoms with Gasteiger partial charge in [-0.1, -0.05) is 12.2 Å². The molecule has 5 rings (SSSR count). The summed E-state index contributed by atoms with van der Waals surface area (Å²) in [5, 5.41) is 0. The molecule has 1 aromatic rings. The molecule has 0 N–H and O–H groups in total. The Morgan fingerprint density at radius 1 is 0.913 bits per heavy atom. The summed E-state index contributed by atoms with van der Waals surface area (Å²) in [6.45, 7) is 0. The van der Waals surface area contributed by atoms with E-state index in [-0.39, 0.29) is 35.5 Å². The average Bonchev–Trinajstić information content (AvgIpc) is 2.88. The van der Waals surface area contributed by atoms with Crippen LogP contribution in [-0.4, -0.2) is 26.0 Å². The summed E-state index contributed by atoms with van der Waals surface area (Å²) < 4.78 is 10.5. The Morgan fingerprint density at radius 2 is 1.48 bits per heavy atom. The van der Waals surface area contributed by atoms with E-state index in [1.807, 2.05) is 0 Å². The Kier molecular flexibility index (Phi) is 3.18. The van der Waals surface area contributed by atoms with Gasteiger partial charge in [0.1, 0.15) is 0 Å². The molecule has 0 aromatic heterocycles. The van der Waals surface area contributed by atoms with Crippen molar-refractivity contribution in [1.82, 2.24) is 0 Å². The number of methoxy groups -OCH3 is 2. The van der Waals surface area contributed by atoms with E-state index < -0.39 is 0 Å². The van der Waals surface area contributed by atoms with Gasteiger partial charge in [-0.2, -0.15) is 0 Å². The molecule has 3 aliphatic carbocycles. The van der Waals surface area contributed by atoms with Crippen molar-refractivity contribution in [2.45, 2.75) is 12.8 Å². The van der Waals surface area contributed by atoms with Crippen LogP contribution in [0.3, 0.4) is 0 Å². The molecule has 5 heteroatoms. The van der Waals surface area contributed by atoms with Gasteiger partial charge in [0.2, 0.25) is 11.8 Å². The number of hydrogen-bond donors (Lipinski definition) is 0. The normalized spacial score (nSPS) is 31.5. The van der Waals surface area contributed by atoms with Crippen molar-refractivity contribution in [3.05, 3.63) is 30.4 Å². The number of fused-ring (bicyclic) bond motifs is 1. The van der Waals surface area contributed by atoms with E-state index in [0.717, 1.165) is 12.8 Å². The minimum absolute atomic E-state index is 0.0775. The molecule has 23 heavy (non-hydrogen) atoms. The van der Waals surface area contributed by atoms with Gasteiger partial charge in [0.05, 0.1) is 31.7 Å². The van der Waals surface area contributed by atoms with Gasteiger partial charge in [0.25, 0.3) is 0 Å². The van der Waals surface area contributed by atoms with Crippen LogP contribution in [0.25, 0.3) is 0 Å². The molecular formula is C18H19NO4. The Balaban J connectivity index is 1.73. The van der Waals surface area contributed by atoms with Crippen LogP contribution in [0.4, 0.5) is 5.69 Å². The van der Waals surface area contributed by atoms with Gasteiger partial charge in [-0.05, 0) is 36.8 Å². The molecule has 4 aliphatic rings. The van der Waals surface area contributed by atoms with Crippen molar-refractivity contribution in [1.29, 1.82) is 0 Å². The lowest BCUT2D eigenvalue weighted by Gasteiger charge is -2.38. The van der Waals surface area contributed by atoms with E-state index in [1.54, 1.807) is 32.4 Å². The molecule has 0 radical (unpaired) electrons. The standard InChI is InChI=1S/C18H19NO4/c1-22-13-8-7-12(9-14(13)23-2)19-17(20)15-10-3-4-11(6-5-10)16(15)18(19)21/h3-4,7-11,15-16H,5-6H2,1-2H3/t10-,11-,15-,16+/m0/s1. The lowest BCUT2D eigenvalue weighted by molar-refractivity contribution is -0.124. The molecular weight excluding hydrogens is 294 g/mol. The molecule has 2 bridgehead atoms. The predicted octanol–water partition coefficient (Wildman–Crippen LogP) is 2.41. The summed E-state index contributed by atoms with van der Waals surface area (Å²) in [5.74, 6) is 0.950. The second-order valence-corrected chi connectivity index (χ2v) is 6.39. The van der Waals surface area contributed by atoms with Crippen LogP contribution in [0.15, 0.2) is 30.4 Å². The van der Waals surface area contributed by atoms with Gasteiger partial charge in [0, 0.05) is 6.07 Å². The van der Waals surface area contributed by atoms with Crippen molar-refractivity contribution in [3.8, 4) is 11.5 Å². The molecule has 0 spiro atoms. The number of rotatable bonds is 3. The molecule has 4 atom stereocenters. The van der Waals surface area contributed by atoms with Crippen LogP contribution in [0, 0.1) is 23.7 Å². The monoisotopic (exact) mass is 313 g/mol. The lowest BCUT2D eigenvalue weighted by atomic mass is 9.63. The molecule has 1 saturated heterocycles. The SMILES string of the molecule is COc1ccc(N2C(=O)[C@@H]3[C@H](C2=O)[C@H]2C=C[C@H]3CC2)cc1OC.